The van der Waals surface area contributed by atoms with Gasteiger partial charge >= 0.3 is 0 Å². The zero-order valence-corrected chi connectivity index (χ0v) is 12.3. The molecule has 2 rings (SSSR count). The minimum absolute atomic E-state index is 0.0579. The monoisotopic (exact) mass is 310 g/mol. The third-order valence-corrected chi connectivity index (χ3v) is 3.14. The number of nitro groups is 1. The summed E-state index contributed by atoms with van der Waals surface area (Å²) >= 11 is 0. The van der Waals surface area contributed by atoms with Crippen molar-refractivity contribution < 1.29 is 9.72 Å². The van der Waals surface area contributed by atoms with Gasteiger partial charge in [-0.25, -0.2) is 0 Å². The van der Waals surface area contributed by atoms with Crippen LogP contribution in [0.25, 0.3) is 0 Å². The van der Waals surface area contributed by atoms with E-state index in [2.05, 4.69) is 10.6 Å². The molecule has 0 saturated carbocycles. The predicted octanol–water partition coefficient (Wildman–Crippen LogP) is 2.91. The van der Waals surface area contributed by atoms with Crippen molar-refractivity contribution in [2.75, 3.05) is 10.6 Å². The number of nitrogens with zero attached hydrogens (tertiary/aromatic N) is 2. The van der Waals surface area contributed by atoms with Gasteiger partial charge in [-0.15, -0.1) is 0 Å². The van der Waals surface area contributed by atoms with E-state index in [1.54, 1.807) is 37.3 Å². The number of nitriles is 1. The molecule has 0 unspecified atom stereocenters. The normalized spacial score (nSPS) is 11.1. The Morgan fingerprint density at radius 1 is 1.26 bits per heavy atom. The highest BCUT2D eigenvalue weighted by molar-refractivity contribution is 5.97. The molecular formula is C16H14N4O3. The van der Waals surface area contributed by atoms with Gasteiger partial charge in [0.05, 0.1) is 16.2 Å². The number of para-hydroxylation sites is 1. The van der Waals surface area contributed by atoms with E-state index in [4.69, 9.17) is 5.26 Å². The number of anilines is 2. The quantitative estimate of drug-likeness (QED) is 0.652. The lowest BCUT2D eigenvalue weighted by atomic mass is 10.2. The van der Waals surface area contributed by atoms with Gasteiger partial charge in [0.1, 0.15) is 12.1 Å². The maximum atomic E-state index is 12.2. The summed E-state index contributed by atoms with van der Waals surface area (Å²) in [6.45, 7) is 1.63. The zero-order chi connectivity index (χ0) is 16.8. The summed E-state index contributed by atoms with van der Waals surface area (Å²) in [5.41, 5.74) is 1.20. The molecule has 1 amide bonds. The number of non-ortho nitro benzene ring substituents is 1. The second-order valence-corrected chi connectivity index (χ2v) is 4.82. The SMILES string of the molecule is C[C@@H](Nc1cccc([N+](=O)[O-])c1)C(=O)Nc1ccccc1C#N. The first-order chi connectivity index (χ1) is 11.0. The first-order valence-corrected chi connectivity index (χ1v) is 6.82. The van der Waals surface area contributed by atoms with Crippen molar-refractivity contribution in [3.8, 4) is 6.07 Å². The second-order valence-electron chi connectivity index (χ2n) is 4.82. The summed E-state index contributed by atoms with van der Waals surface area (Å²) in [5, 5.41) is 25.3. The van der Waals surface area contributed by atoms with Crippen molar-refractivity contribution >= 4 is 23.0 Å². The lowest BCUT2D eigenvalue weighted by Crippen LogP contribution is -2.32. The van der Waals surface area contributed by atoms with Gasteiger partial charge in [0, 0.05) is 17.8 Å². The van der Waals surface area contributed by atoms with E-state index in [0.29, 0.717) is 16.9 Å². The van der Waals surface area contributed by atoms with Gasteiger partial charge in [-0.2, -0.15) is 5.26 Å². The van der Waals surface area contributed by atoms with Crippen LogP contribution in [0.15, 0.2) is 48.5 Å². The number of amides is 1. The predicted molar refractivity (Wildman–Crippen MR) is 86.0 cm³/mol. The molecule has 0 heterocycles. The fraction of sp³-hybridized carbons (Fsp3) is 0.125. The number of nitrogens with one attached hydrogen (secondary N) is 2. The Morgan fingerprint density at radius 3 is 2.70 bits per heavy atom. The largest absolute Gasteiger partial charge is 0.374 e. The molecule has 2 aromatic carbocycles. The summed E-state index contributed by atoms with van der Waals surface area (Å²) < 4.78 is 0. The van der Waals surface area contributed by atoms with Gasteiger partial charge in [0.15, 0.2) is 0 Å². The van der Waals surface area contributed by atoms with Crippen LogP contribution in [0, 0.1) is 21.4 Å². The minimum Gasteiger partial charge on any atom is -0.374 e. The average molecular weight is 310 g/mol. The van der Waals surface area contributed by atoms with Gasteiger partial charge in [-0.3, -0.25) is 14.9 Å². The van der Waals surface area contributed by atoms with Gasteiger partial charge < -0.3 is 10.6 Å². The molecule has 0 aromatic heterocycles. The second kappa shape index (κ2) is 7.04. The van der Waals surface area contributed by atoms with Gasteiger partial charge in [0.25, 0.3) is 5.69 Å². The summed E-state index contributed by atoms with van der Waals surface area (Å²) in [5.74, 6) is -0.348. The molecule has 0 saturated heterocycles. The lowest BCUT2D eigenvalue weighted by molar-refractivity contribution is -0.384. The van der Waals surface area contributed by atoms with Crippen molar-refractivity contribution in [3.05, 3.63) is 64.2 Å². The third kappa shape index (κ3) is 4.04. The molecular weight excluding hydrogens is 296 g/mol. The van der Waals surface area contributed by atoms with Gasteiger partial charge in [0.2, 0.25) is 5.91 Å². The molecule has 0 aliphatic rings. The Kier molecular flexibility index (Phi) is 4.89. The van der Waals surface area contributed by atoms with E-state index in [9.17, 15) is 14.9 Å². The summed E-state index contributed by atoms with van der Waals surface area (Å²) in [6, 6.07) is 13.9. The van der Waals surface area contributed by atoms with Crippen LogP contribution in [0.4, 0.5) is 17.1 Å². The molecule has 2 N–H and O–H groups in total. The first kappa shape index (κ1) is 16.0. The maximum Gasteiger partial charge on any atom is 0.271 e. The molecule has 0 fully saturated rings. The van der Waals surface area contributed by atoms with E-state index >= 15 is 0 Å². The third-order valence-electron chi connectivity index (χ3n) is 3.14. The molecule has 0 radical (unpaired) electrons. The molecule has 7 nitrogen and oxygen atoms in total. The Balaban J connectivity index is 2.07. The fourth-order valence-corrected chi connectivity index (χ4v) is 1.96. The van der Waals surface area contributed by atoms with E-state index in [-0.39, 0.29) is 11.6 Å². The van der Waals surface area contributed by atoms with Crippen LogP contribution >= 0.6 is 0 Å². The fourth-order valence-electron chi connectivity index (χ4n) is 1.96. The maximum absolute atomic E-state index is 12.2. The van der Waals surface area contributed by atoms with E-state index in [1.165, 1.54) is 18.2 Å². The number of rotatable bonds is 5. The molecule has 116 valence electrons. The van der Waals surface area contributed by atoms with Crippen LogP contribution in [0.2, 0.25) is 0 Å². The zero-order valence-electron chi connectivity index (χ0n) is 12.3. The minimum atomic E-state index is -0.635. The van der Waals surface area contributed by atoms with Gasteiger partial charge in [-0.1, -0.05) is 18.2 Å². The van der Waals surface area contributed by atoms with Crippen LogP contribution in [0.5, 0.6) is 0 Å². The van der Waals surface area contributed by atoms with Crippen molar-refractivity contribution in [1.29, 1.82) is 5.26 Å². The topological polar surface area (TPSA) is 108 Å². The molecule has 0 spiro atoms. The number of carbonyl (C=O) groups excluding carboxylic acids is 1. The van der Waals surface area contributed by atoms with Gasteiger partial charge in [-0.05, 0) is 25.1 Å². The highest BCUT2D eigenvalue weighted by Crippen LogP contribution is 2.18. The molecule has 0 aliphatic heterocycles. The molecule has 2 aromatic rings. The van der Waals surface area contributed by atoms with Crippen LogP contribution < -0.4 is 10.6 Å². The van der Waals surface area contributed by atoms with Crippen LogP contribution in [0.1, 0.15) is 12.5 Å². The Labute approximate surface area is 132 Å². The molecule has 1 atom stereocenters. The highest BCUT2D eigenvalue weighted by atomic mass is 16.6. The van der Waals surface area contributed by atoms with E-state index in [1.807, 2.05) is 6.07 Å². The summed E-state index contributed by atoms with van der Waals surface area (Å²) in [6.07, 6.45) is 0. The van der Waals surface area contributed by atoms with Crippen molar-refractivity contribution in [2.45, 2.75) is 13.0 Å². The van der Waals surface area contributed by atoms with Crippen LogP contribution in [-0.2, 0) is 4.79 Å². The highest BCUT2D eigenvalue weighted by Gasteiger charge is 2.15. The first-order valence-electron chi connectivity index (χ1n) is 6.82. The Bertz CT molecular complexity index is 783. The molecule has 0 aliphatic carbocycles. The summed E-state index contributed by atoms with van der Waals surface area (Å²) in [4.78, 5) is 22.4. The number of nitro benzene ring substituents is 1. The lowest BCUT2D eigenvalue weighted by Gasteiger charge is -2.15. The van der Waals surface area contributed by atoms with E-state index in [0.717, 1.165) is 0 Å². The number of carbonyl (C=O) groups is 1. The Morgan fingerprint density at radius 2 is 2.00 bits per heavy atom. The van der Waals surface area contributed by atoms with Crippen LogP contribution in [-0.4, -0.2) is 16.9 Å². The molecule has 23 heavy (non-hydrogen) atoms. The van der Waals surface area contributed by atoms with Crippen molar-refractivity contribution in [3.63, 3.8) is 0 Å². The number of benzene rings is 2. The smallest absolute Gasteiger partial charge is 0.271 e. The number of hydrogen-bond acceptors (Lipinski definition) is 5. The standard InChI is InChI=1S/C16H14N4O3/c1-11(18-13-6-4-7-14(9-13)20(22)23)16(21)19-15-8-3-2-5-12(15)10-17/h2-9,11,18H,1H3,(H,19,21)/t11-/m1/s1. The molecule has 7 heteroatoms. The van der Waals surface area contributed by atoms with Crippen molar-refractivity contribution in [1.82, 2.24) is 0 Å². The van der Waals surface area contributed by atoms with E-state index < -0.39 is 11.0 Å². The average Bonchev–Trinajstić information content (AvgIpc) is 2.55. The summed E-state index contributed by atoms with van der Waals surface area (Å²) in [7, 11) is 0. The Hall–Kier alpha value is -3.40. The van der Waals surface area contributed by atoms with Crippen molar-refractivity contribution in [2.24, 2.45) is 0 Å². The number of hydrogen-bond donors (Lipinski definition) is 2. The molecule has 0 bridgehead atoms. The van der Waals surface area contributed by atoms with Crippen LogP contribution in [0.3, 0.4) is 0 Å².